The summed E-state index contributed by atoms with van der Waals surface area (Å²) in [4.78, 5) is 0. The molecule has 0 unspecified atom stereocenters. The second kappa shape index (κ2) is 12.5. The zero-order chi connectivity index (χ0) is 10.1. The first-order valence-electron chi connectivity index (χ1n) is 3.97. The van der Waals surface area contributed by atoms with Crippen LogP contribution in [0.15, 0.2) is 0 Å². The minimum atomic E-state index is 0. The fourth-order valence-corrected chi connectivity index (χ4v) is 2.33. The van der Waals surface area contributed by atoms with Crippen LogP contribution < -0.4 is 11.5 Å². The summed E-state index contributed by atoms with van der Waals surface area (Å²) in [5.41, 5.74) is 10.7. The van der Waals surface area contributed by atoms with Crippen LogP contribution in [0, 0.1) is 0 Å². The van der Waals surface area contributed by atoms with Crippen LogP contribution >= 0.6 is 48.0 Å². The Bertz CT molecular complexity index is 159. The Kier molecular flexibility index (Phi) is 15.8. The van der Waals surface area contributed by atoms with Gasteiger partial charge in [0.1, 0.15) is 8.64 Å². The molecule has 0 rings (SSSR count). The van der Waals surface area contributed by atoms with Crippen molar-refractivity contribution in [3.8, 4) is 0 Å². The number of thiocarbonyl (C=S) groups is 2. The second-order valence-electron chi connectivity index (χ2n) is 2.40. The van der Waals surface area contributed by atoms with Crippen LogP contribution in [-0.4, -0.2) is 47.4 Å². The molecule has 0 aliphatic rings. The third-order valence-corrected chi connectivity index (χ3v) is 3.54. The van der Waals surface area contributed by atoms with E-state index in [4.69, 9.17) is 35.9 Å². The van der Waals surface area contributed by atoms with Crippen molar-refractivity contribution in [3.05, 3.63) is 0 Å². The molecule has 0 atom stereocenters. The Morgan fingerprint density at radius 3 is 1.50 bits per heavy atom. The molecule has 14 heavy (non-hydrogen) atoms. The molecule has 0 spiro atoms. The molecule has 2 radical (unpaired) electrons. The first kappa shape index (κ1) is 17.8. The van der Waals surface area contributed by atoms with E-state index in [-0.39, 0.29) is 27.3 Å². The van der Waals surface area contributed by atoms with Gasteiger partial charge in [-0.1, -0.05) is 54.4 Å². The van der Waals surface area contributed by atoms with Gasteiger partial charge in [0.2, 0.25) is 0 Å². The van der Waals surface area contributed by atoms with Crippen molar-refractivity contribution < 1.29 is 0 Å². The number of nitrogens with two attached hydrogens (primary N) is 2. The summed E-state index contributed by atoms with van der Waals surface area (Å²) in [6.45, 7) is 0. The Labute approximate surface area is 125 Å². The van der Waals surface area contributed by atoms with E-state index in [0.717, 1.165) is 24.3 Å². The van der Waals surface area contributed by atoms with Crippen molar-refractivity contribution in [1.82, 2.24) is 0 Å². The molecule has 0 saturated carbocycles. The van der Waals surface area contributed by atoms with Crippen LogP contribution in [0.4, 0.5) is 0 Å². The van der Waals surface area contributed by atoms with E-state index in [1.807, 2.05) is 0 Å². The van der Waals surface area contributed by atoms with E-state index >= 15 is 0 Å². The summed E-state index contributed by atoms with van der Waals surface area (Å²) in [5, 5.41) is 0. The monoisotopic (exact) mass is 464 g/mol. The predicted octanol–water partition coefficient (Wildman–Crippen LogP) is 1.19. The summed E-state index contributed by atoms with van der Waals surface area (Å²) in [5.74, 6) is 2.04. The van der Waals surface area contributed by atoms with Crippen LogP contribution in [0.25, 0.3) is 0 Å². The van der Waals surface area contributed by atoms with Crippen LogP contribution in [0.2, 0.25) is 0 Å². The van der Waals surface area contributed by atoms with Crippen molar-refractivity contribution in [1.29, 1.82) is 0 Å². The predicted molar refractivity (Wildman–Crippen MR) is 80.9 cm³/mol. The molecule has 4 N–H and O–H groups in total. The Morgan fingerprint density at radius 1 is 0.857 bits per heavy atom. The molecule has 0 heterocycles. The van der Waals surface area contributed by atoms with E-state index in [0.29, 0.717) is 8.64 Å². The number of unbranched alkanes of at least 4 members (excludes halogenated alkanes) is 2. The molecule has 0 aromatic heterocycles. The average Bonchev–Trinajstić information content (AvgIpc) is 2.01. The van der Waals surface area contributed by atoms with Gasteiger partial charge in [0.15, 0.2) is 0 Å². The fourth-order valence-electron chi connectivity index (χ4n) is 0.726. The van der Waals surface area contributed by atoms with E-state index in [1.54, 1.807) is 23.5 Å². The molecule has 0 aromatic rings. The minimum absolute atomic E-state index is 0. The van der Waals surface area contributed by atoms with Gasteiger partial charge < -0.3 is 11.5 Å². The molecule has 0 amide bonds. The van der Waals surface area contributed by atoms with Gasteiger partial charge in [-0.25, -0.2) is 0 Å². The maximum absolute atomic E-state index is 5.33. The second-order valence-corrected chi connectivity index (χ2v) is 6.07. The van der Waals surface area contributed by atoms with Gasteiger partial charge in [-0.05, 0) is 12.8 Å². The SMILES string of the molecule is NC(=S)SCCCCCSC(N)=S.[PbH2]. The summed E-state index contributed by atoms with van der Waals surface area (Å²) >= 11 is 12.6. The van der Waals surface area contributed by atoms with Gasteiger partial charge in [0.25, 0.3) is 0 Å². The normalized spacial score (nSPS) is 9.14. The van der Waals surface area contributed by atoms with E-state index in [1.165, 1.54) is 6.42 Å². The van der Waals surface area contributed by atoms with Crippen LogP contribution in [0.5, 0.6) is 0 Å². The molecule has 0 aliphatic carbocycles. The maximum atomic E-state index is 5.33. The first-order valence-corrected chi connectivity index (χ1v) is 6.76. The molecule has 0 aliphatic heterocycles. The molecular weight excluding hydrogens is 448 g/mol. The number of thioether (sulfide) groups is 2. The van der Waals surface area contributed by atoms with Crippen molar-refractivity contribution in [2.24, 2.45) is 11.5 Å². The molecule has 82 valence electrons. The summed E-state index contributed by atoms with van der Waals surface area (Å²) in [6, 6.07) is 0. The molecule has 0 fully saturated rings. The molecule has 0 aromatic carbocycles. The van der Waals surface area contributed by atoms with Crippen molar-refractivity contribution >= 4 is 83.9 Å². The third kappa shape index (κ3) is 15.9. The van der Waals surface area contributed by atoms with Gasteiger partial charge in [-0.2, -0.15) is 0 Å². The number of hydrogen-bond donors (Lipinski definition) is 2. The van der Waals surface area contributed by atoms with Gasteiger partial charge in [0.05, 0.1) is 0 Å². The van der Waals surface area contributed by atoms with Crippen molar-refractivity contribution in [2.75, 3.05) is 11.5 Å². The van der Waals surface area contributed by atoms with Crippen molar-refractivity contribution in [3.63, 3.8) is 0 Å². The molecular formula is C7H16N2PbS4. The summed E-state index contributed by atoms with van der Waals surface area (Å²) in [7, 11) is 0. The molecule has 0 bridgehead atoms. The molecule has 0 saturated heterocycles. The Balaban J connectivity index is 0. The average molecular weight is 464 g/mol. The fraction of sp³-hybridized carbons (Fsp3) is 0.714. The van der Waals surface area contributed by atoms with Gasteiger partial charge >= 0.3 is 27.3 Å². The van der Waals surface area contributed by atoms with Crippen molar-refractivity contribution in [2.45, 2.75) is 19.3 Å². The first-order chi connectivity index (χ1) is 6.13. The van der Waals surface area contributed by atoms with Crippen LogP contribution in [-0.2, 0) is 0 Å². The molecule has 2 nitrogen and oxygen atoms in total. The Morgan fingerprint density at radius 2 is 1.21 bits per heavy atom. The molecule has 7 heteroatoms. The zero-order valence-corrected chi connectivity index (χ0v) is 16.8. The zero-order valence-electron chi connectivity index (χ0n) is 8.03. The van der Waals surface area contributed by atoms with E-state index < -0.39 is 0 Å². The number of rotatable bonds is 6. The summed E-state index contributed by atoms with van der Waals surface area (Å²) in [6.07, 6.45) is 3.49. The summed E-state index contributed by atoms with van der Waals surface area (Å²) < 4.78 is 1.08. The topological polar surface area (TPSA) is 52.0 Å². The number of hydrogen-bond acceptors (Lipinski definition) is 4. The van der Waals surface area contributed by atoms with E-state index in [9.17, 15) is 0 Å². The van der Waals surface area contributed by atoms with Gasteiger partial charge in [0, 0.05) is 11.5 Å². The van der Waals surface area contributed by atoms with Gasteiger partial charge in [-0.3, -0.25) is 0 Å². The van der Waals surface area contributed by atoms with Gasteiger partial charge in [-0.15, -0.1) is 0 Å². The standard InChI is InChI=1S/C7H14N2S4.Pb.2H/c8-6(10)12-4-2-1-3-5-13-7(9)11;;;/h1-5H2,(H2,8,10)(H2,9,11);;;. The van der Waals surface area contributed by atoms with Crippen LogP contribution in [0.1, 0.15) is 19.3 Å². The Hall–Kier alpha value is 1.40. The quantitative estimate of drug-likeness (QED) is 0.351. The van der Waals surface area contributed by atoms with E-state index in [2.05, 4.69) is 0 Å². The third-order valence-electron chi connectivity index (χ3n) is 1.28. The van der Waals surface area contributed by atoms with Crippen LogP contribution in [0.3, 0.4) is 0 Å².